The molecule has 94 valence electrons. The Kier molecular flexibility index (Phi) is 3.62. The number of carbonyl (C=O) groups is 1. The maximum absolute atomic E-state index is 11.0. The lowest BCUT2D eigenvalue weighted by atomic mass is 10.2. The molecule has 0 unspecified atom stereocenters. The average molecular weight is 266 g/mol. The van der Waals surface area contributed by atoms with E-state index in [2.05, 4.69) is 9.97 Å². The molecule has 0 bridgehead atoms. The lowest BCUT2D eigenvalue weighted by Crippen LogP contribution is -2.05. The molecule has 0 aromatic carbocycles. The van der Waals surface area contributed by atoms with Crippen molar-refractivity contribution in [1.82, 2.24) is 14.5 Å². The normalized spacial score (nSPS) is 10.6. The minimum atomic E-state index is -1.03. The van der Waals surface area contributed by atoms with Crippen LogP contribution in [-0.4, -0.2) is 25.6 Å². The second-order valence-corrected chi connectivity index (χ2v) is 4.19. The first-order valence-corrected chi connectivity index (χ1v) is 5.93. The predicted octanol–water partition coefficient (Wildman–Crippen LogP) is 2.57. The molecule has 6 heteroatoms. The monoisotopic (exact) mass is 265 g/mol. The molecule has 0 fully saturated rings. The van der Waals surface area contributed by atoms with Crippen molar-refractivity contribution < 1.29 is 9.90 Å². The van der Waals surface area contributed by atoms with Gasteiger partial charge in [-0.15, -0.1) is 0 Å². The van der Waals surface area contributed by atoms with E-state index in [1.807, 2.05) is 6.92 Å². The summed E-state index contributed by atoms with van der Waals surface area (Å²) in [5.41, 5.74) is 0.112. The van der Waals surface area contributed by atoms with Crippen molar-refractivity contribution in [3.8, 4) is 5.82 Å². The molecule has 5 nitrogen and oxygen atoms in total. The summed E-state index contributed by atoms with van der Waals surface area (Å²) >= 11 is 5.83. The van der Waals surface area contributed by atoms with Gasteiger partial charge in [-0.2, -0.15) is 0 Å². The summed E-state index contributed by atoms with van der Waals surface area (Å²) in [7, 11) is 0. The molecule has 18 heavy (non-hydrogen) atoms. The van der Waals surface area contributed by atoms with Gasteiger partial charge in [0.05, 0.1) is 5.56 Å². The number of halogens is 1. The molecule has 1 N–H and O–H groups in total. The Hall–Kier alpha value is -1.88. The number of imidazole rings is 1. The van der Waals surface area contributed by atoms with Crippen molar-refractivity contribution in [2.45, 2.75) is 19.8 Å². The van der Waals surface area contributed by atoms with Crippen molar-refractivity contribution in [2.24, 2.45) is 0 Å². The van der Waals surface area contributed by atoms with E-state index in [0.717, 1.165) is 18.7 Å². The number of rotatable bonds is 4. The van der Waals surface area contributed by atoms with Crippen LogP contribution in [0.1, 0.15) is 29.5 Å². The Bertz CT molecular complexity index is 580. The zero-order valence-corrected chi connectivity index (χ0v) is 10.6. The zero-order chi connectivity index (χ0) is 13.1. The van der Waals surface area contributed by atoms with Crippen molar-refractivity contribution in [1.29, 1.82) is 0 Å². The van der Waals surface area contributed by atoms with Crippen LogP contribution in [-0.2, 0) is 6.42 Å². The third kappa shape index (κ3) is 2.51. The van der Waals surface area contributed by atoms with E-state index in [9.17, 15) is 4.79 Å². The third-order valence-electron chi connectivity index (χ3n) is 2.47. The standard InChI is InChI=1S/C12H12ClN3O2/c1-2-3-10-14-4-5-16(10)11-7-8(12(17)18)6-9(13)15-11/h4-7H,2-3H2,1H3,(H,17,18). The minimum Gasteiger partial charge on any atom is -0.478 e. The first kappa shape index (κ1) is 12.6. The van der Waals surface area contributed by atoms with E-state index in [0.29, 0.717) is 5.82 Å². The Morgan fingerprint density at radius 2 is 2.28 bits per heavy atom. The first-order valence-electron chi connectivity index (χ1n) is 5.55. The van der Waals surface area contributed by atoms with Gasteiger partial charge in [-0.25, -0.2) is 14.8 Å². The Labute approximate surface area is 109 Å². The second kappa shape index (κ2) is 5.18. The molecule has 0 aliphatic heterocycles. The summed E-state index contributed by atoms with van der Waals surface area (Å²) in [4.78, 5) is 19.3. The van der Waals surface area contributed by atoms with Gasteiger partial charge in [0, 0.05) is 18.8 Å². The minimum absolute atomic E-state index is 0.112. The molecule has 2 heterocycles. The number of pyridine rings is 1. The number of carboxylic acids is 1. The topological polar surface area (TPSA) is 68.0 Å². The molecule has 0 radical (unpaired) electrons. The van der Waals surface area contributed by atoms with Gasteiger partial charge in [-0.05, 0) is 18.6 Å². The Morgan fingerprint density at radius 3 is 2.94 bits per heavy atom. The highest BCUT2D eigenvalue weighted by Gasteiger charge is 2.11. The smallest absolute Gasteiger partial charge is 0.335 e. The highest BCUT2D eigenvalue weighted by molar-refractivity contribution is 6.29. The Morgan fingerprint density at radius 1 is 1.50 bits per heavy atom. The van der Waals surface area contributed by atoms with Gasteiger partial charge in [-0.1, -0.05) is 18.5 Å². The molecule has 0 aliphatic carbocycles. The molecule has 2 rings (SSSR count). The van der Waals surface area contributed by atoms with E-state index in [-0.39, 0.29) is 10.7 Å². The van der Waals surface area contributed by atoms with Gasteiger partial charge in [0.25, 0.3) is 0 Å². The lowest BCUT2D eigenvalue weighted by Gasteiger charge is -2.07. The molecule has 0 atom stereocenters. The van der Waals surface area contributed by atoms with E-state index < -0.39 is 5.97 Å². The SMILES string of the molecule is CCCc1nccn1-c1cc(C(=O)O)cc(Cl)n1. The van der Waals surface area contributed by atoms with Crippen LogP contribution in [0.5, 0.6) is 0 Å². The van der Waals surface area contributed by atoms with E-state index in [1.165, 1.54) is 12.1 Å². The number of aryl methyl sites for hydroxylation is 1. The molecular formula is C12H12ClN3O2. The summed E-state index contributed by atoms with van der Waals surface area (Å²) in [6.07, 6.45) is 5.15. The van der Waals surface area contributed by atoms with Crippen LogP contribution in [0.15, 0.2) is 24.5 Å². The van der Waals surface area contributed by atoms with E-state index >= 15 is 0 Å². The molecule has 0 saturated carbocycles. The number of hydrogen-bond acceptors (Lipinski definition) is 3. The number of aromatic carboxylic acids is 1. The van der Waals surface area contributed by atoms with E-state index in [4.69, 9.17) is 16.7 Å². The fourth-order valence-electron chi connectivity index (χ4n) is 1.68. The Balaban J connectivity index is 2.49. The lowest BCUT2D eigenvalue weighted by molar-refractivity contribution is 0.0696. The fourth-order valence-corrected chi connectivity index (χ4v) is 1.89. The summed E-state index contributed by atoms with van der Waals surface area (Å²) < 4.78 is 1.75. The summed E-state index contributed by atoms with van der Waals surface area (Å²) in [6, 6.07) is 2.80. The summed E-state index contributed by atoms with van der Waals surface area (Å²) in [6.45, 7) is 2.05. The van der Waals surface area contributed by atoms with Crippen LogP contribution in [0.25, 0.3) is 5.82 Å². The van der Waals surface area contributed by atoms with Gasteiger partial charge in [0.1, 0.15) is 16.8 Å². The highest BCUT2D eigenvalue weighted by atomic mass is 35.5. The van der Waals surface area contributed by atoms with Crippen LogP contribution in [0.4, 0.5) is 0 Å². The maximum atomic E-state index is 11.0. The molecule has 2 aromatic heterocycles. The van der Waals surface area contributed by atoms with Crippen LogP contribution in [0.3, 0.4) is 0 Å². The summed E-state index contributed by atoms with van der Waals surface area (Å²) in [5, 5.41) is 9.15. The van der Waals surface area contributed by atoms with Crippen molar-refractivity contribution in [3.05, 3.63) is 41.1 Å². The highest BCUT2D eigenvalue weighted by Crippen LogP contribution is 2.16. The number of nitrogens with zero attached hydrogens (tertiary/aromatic N) is 3. The van der Waals surface area contributed by atoms with Gasteiger partial charge in [0.15, 0.2) is 0 Å². The largest absolute Gasteiger partial charge is 0.478 e. The van der Waals surface area contributed by atoms with Gasteiger partial charge < -0.3 is 5.11 Å². The first-order chi connectivity index (χ1) is 8.61. The number of hydrogen-bond donors (Lipinski definition) is 1. The van der Waals surface area contributed by atoms with Crippen molar-refractivity contribution in [2.75, 3.05) is 0 Å². The average Bonchev–Trinajstić information content (AvgIpc) is 2.77. The van der Waals surface area contributed by atoms with Gasteiger partial charge >= 0.3 is 5.97 Å². The number of aromatic nitrogens is 3. The van der Waals surface area contributed by atoms with Crippen LogP contribution in [0, 0.1) is 0 Å². The van der Waals surface area contributed by atoms with Crippen LogP contribution >= 0.6 is 11.6 Å². The molecular weight excluding hydrogens is 254 g/mol. The van der Waals surface area contributed by atoms with Crippen molar-refractivity contribution in [3.63, 3.8) is 0 Å². The molecule has 0 aliphatic rings. The molecule has 0 spiro atoms. The molecule has 0 saturated heterocycles. The van der Waals surface area contributed by atoms with Crippen LogP contribution < -0.4 is 0 Å². The van der Waals surface area contributed by atoms with E-state index in [1.54, 1.807) is 17.0 Å². The zero-order valence-electron chi connectivity index (χ0n) is 9.80. The van der Waals surface area contributed by atoms with Crippen molar-refractivity contribution >= 4 is 17.6 Å². The predicted molar refractivity (Wildman–Crippen MR) is 67.3 cm³/mol. The maximum Gasteiger partial charge on any atom is 0.335 e. The molecule has 0 amide bonds. The second-order valence-electron chi connectivity index (χ2n) is 3.81. The fraction of sp³-hybridized carbons (Fsp3) is 0.250. The number of carboxylic acid groups (broad SMARTS) is 1. The quantitative estimate of drug-likeness (QED) is 0.863. The van der Waals surface area contributed by atoms with Gasteiger partial charge in [0.2, 0.25) is 0 Å². The summed E-state index contributed by atoms with van der Waals surface area (Å²) in [5.74, 6) is 0.280. The molecule has 2 aromatic rings. The third-order valence-corrected chi connectivity index (χ3v) is 2.66. The van der Waals surface area contributed by atoms with Gasteiger partial charge in [-0.3, -0.25) is 4.57 Å². The van der Waals surface area contributed by atoms with Crippen LogP contribution in [0.2, 0.25) is 5.15 Å².